The van der Waals surface area contributed by atoms with Crippen molar-refractivity contribution in [2.45, 2.75) is 6.42 Å². The summed E-state index contributed by atoms with van der Waals surface area (Å²) in [6, 6.07) is 7.81. The van der Waals surface area contributed by atoms with Gasteiger partial charge in [0, 0.05) is 6.54 Å². The molecule has 2 aromatic rings. The van der Waals surface area contributed by atoms with Gasteiger partial charge in [-0.25, -0.2) is 9.97 Å². The summed E-state index contributed by atoms with van der Waals surface area (Å²) in [7, 11) is 1.65. The average molecular weight is 307 g/mol. The van der Waals surface area contributed by atoms with Gasteiger partial charge in [-0.05, 0) is 18.1 Å². The van der Waals surface area contributed by atoms with Crippen molar-refractivity contribution < 1.29 is 9.94 Å². The first kappa shape index (κ1) is 15.1. The molecule has 1 aromatic heterocycles. The van der Waals surface area contributed by atoms with Crippen LogP contribution < -0.4 is 10.1 Å². The summed E-state index contributed by atoms with van der Waals surface area (Å²) in [5, 5.41) is 15.0. The molecule has 0 radical (unpaired) electrons. The van der Waals surface area contributed by atoms with E-state index >= 15 is 0 Å². The van der Waals surface area contributed by atoms with Gasteiger partial charge in [-0.15, -0.1) is 0 Å². The summed E-state index contributed by atoms with van der Waals surface area (Å²) in [4.78, 5) is 7.94. The minimum absolute atomic E-state index is 0.225. The van der Waals surface area contributed by atoms with Gasteiger partial charge in [-0.2, -0.15) is 0 Å². The monoisotopic (exact) mass is 306 g/mol. The molecule has 1 aromatic carbocycles. The highest BCUT2D eigenvalue weighted by atomic mass is 35.5. The Morgan fingerprint density at radius 2 is 2.19 bits per heavy atom. The summed E-state index contributed by atoms with van der Waals surface area (Å²) in [5.41, 5.74) is 1.53. The van der Waals surface area contributed by atoms with E-state index < -0.39 is 0 Å². The zero-order valence-corrected chi connectivity index (χ0v) is 12.2. The molecule has 0 aliphatic heterocycles. The Kier molecular flexibility index (Phi) is 5.34. The summed E-state index contributed by atoms with van der Waals surface area (Å²) >= 11 is 5.94. The van der Waals surface area contributed by atoms with E-state index in [1.54, 1.807) is 7.11 Å². The first-order valence-electron chi connectivity index (χ1n) is 6.30. The molecule has 0 aliphatic carbocycles. The Balaban J connectivity index is 2.05. The molecule has 21 heavy (non-hydrogen) atoms. The van der Waals surface area contributed by atoms with E-state index in [2.05, 4.69) is 20.4 Å². The SMILES string of the molecule is COc1ccccc1CCNc1ncnc(Cl)c1/C=N/O. The van der Waals surface area contributed by atoms with Gasteiger partial charge in [0.2, 0.25) is 0 Å². The fourth-order valence-corrected chi connectivity index (χ4v) is 2.09. The summed E-state index contributed by atoms with van der Waals surface area (Å²) < 4.78 is 5.30. The number of rotatable bonds is 6. The molecule has 0 bridgehead atoms. The van der Waals surface area contributed by atoms with Crippen LogP contribution in [0.15, 0.2) is 35.7 Å². The second-order valence-electron chi connectivity index (χ2n) is 4.16. The number of methoxy groups -OCH3 is 1. The van der Waals surface area contributed by atoms with Crippen LogP contribution in [-0.4, -0.2) is 35.0 Å². The largest absolute Gasteiger partial charge is 0.496 e. The van der Waals surface area contributed by atoms with Crippen LogP contribution in [-0.2, 0) is 6.42 Å². The second-order valence-corrected chi connectivity index (χ2v) is 4.52. The molecule has 0 amide bonds. The lowest BCUT2D eigenvalue weighted by Crippen LogP contribution is -2.10. The molecule has 0 spiro atoms. The van der Waals surface area contributed by atoms with E-state index in [1.165, 1.54) is 12.5 Å². The van der Waals surface area contributed by atoms with Crippen molar-refractivity contribution in [3.63, 3.8) is 0 Å². The van der Waals surface area contributed by atoms with Crippen molar-refractivity contribution in [2.24, 2.45) is 5.16 Å². The fourth-order valence-electron chi connectivity index (χ4n) is 1.91. The van der Waals surface area contributed by atoms with Crippen LogP contribution in [0.1, 0.15) is 11.1 Å². The van der Waals surface area contributed by atoms with Gasteiger partial charge >= 0.3 is 0 Å². The number of nitrogens with one attached hydrogen (secondary N) is 1. The Morgan fingerprint density at radius 1 is 1.38 bits per heavy atom. The van der Waals surface area contributed by atoms with Crippen LogP contribution in [0, 0.1) is 0 Å². The molecule has 0 aliphatic rings. The van der Waals surface area contributed by atoms with E-state index in [4.69, 9.17) is 21.5 Å². The third-order valence-corrected chi connectivity index (χ3v) is 3.20. The van der Waals surface area contributed by atoms with Gasteiger partial charge < -0.3 is 15.3 Å². The Hall–Kier alpha value is -2.34. The maximum atomic E-state index is 8.65. The summed E-state index contributed by atoms with van der Waals surface area (Å²) in [6.07, 6.45) is 3.30. The van der Waals surface area contributed by atoms with E-state index in [0.29, 0.717) is 17.9 Å². The van der Waals surface area contributed by atoms with E-state index in [1.807, 2.05) is 24.3 Å². The number of hydrogen-bond donors (Lipinski definition) is 2. The number of para-hydroxylation sites is 1. The molecule has 1 heterocycles. The number of oxime groups is 1. The van der Waals surface area contributed by atoms with Crippen molar-refractivity contribution >= 4 is 23.6 Å². The molecular formula is C14H15ClN4O2. The number of hydrogen-bond acceptors (Lipinski definition) is 6. The van der Waals surface area contributed by atoms with Gasteiger partial charge in [0.05, 0.1) is 18.9 Å². The summed E-state index contributed by atoms with van der Waals surface area (Å²) in [5.74, 6) is 1.36. The Labute approximate surface area is 127 Å². The van der Waals surface area contributed by atoms with Crippen LogP contribution in [0.2, 0.25) is 5.15 Å². The van der Waals surface area contributed by atoms with E-state index in [0.717, 1.165) is 17.7 Å². The van der Waals surface area contributed by atoms with Crippen molar-refractivity contribution in [2.75, 3.05) is 19.0 Å². The molecule has 7 heteroatoms. The number of halogens is 1. The molecule has 2 rings (SSSR count). The maximum Gasteiger partial charge on any atom is 0.143 e. The van der Waals surface area contributed by atoms with Crippen LogP contribution in [0.3, 0.4) is 0 Å². The number of anilines is 1. The lowest BCUT2D eigenvalue weighted by Gasteiger charge is -2.10. The van der Waals surface area contributed by atoms with Crippen molar-refractivity contribution in [3.8, 4) is 5.75 Å². The highest BCUT2D eigenvalue weighted by molar-refractivity contribution is 6.32. The Bertz CT molecular complexity index is 634. The topological polar surface area (TPSA) is 79.6 Å². The second kappa shape index (κ2) is 7.44. The highest BCUT2D eigenvalue weighted by Crippen LogP contribution is 2.20. The zero-order chi connectivity index (χ0) is 15.1. The van der Waals surface area contributed by atoms with Crippen LogP contribution in [0.4, 0.5) is 5.82 Å². The fraction of sp³-hybridized carbons (Fsp3) is 0.214. The minimum atomic E-state index is 0.225. The van der Waals surface area contributed by atoms with Crippen LogP contribution in [0.25, 0.3) is 0 Å². The third kappa shape index (κ3) is 3.82. The quantitative estimate of drug-likeness (QED) is 0.371. The molecule has 0 atom stereocenters. The molecule has 6 nitrogen and oxygen atoms in total. The van der Waals surface area contributed by atoms with Gasteiger partial charge in [-0.1, -0.05) is 35.0 Å². The maximum absolute atomic E-state index is 8.65. The lowest BCUT2D eigenvalue weighted by atomic mass is 10.1. The first-order valence-corrected chi connectivity index (χ1v) is 6.67. The zero-order valence-electron chi connectivity index (χ0n) is 11.5. The highest BCUT2D eigenvalue weighted by Gasteiger charge is 2.08. The van der Waals surface area contributed by atoms with Crippen molar-refractivity contribution in [3.05, 3.63) is 46.9 Å². The number of ether oxygens (including phenoxy) is 1. The molecule has 110 valence electrons. The first-order chi connectivity index (χ1) is 10.3. The predicted molar refractivity (Wildman–Crippen MR) is 81.6 cm³/mol. The summed E-state index contributed by atoms with van der Waals surface area (Å²) in [6.45, 7) is 0.625. The van der Waals surface area contributed by atoms with Crippen LogP contribution >= 0.6 is 11.6 Å². The van der Waals surface area contributed by atoms with E-state index in [-0.39, 0.29) is 5.15 Å². The molecule has 0 unspecified atom stereocenters. The molecule has 2 N–H and O–H groups in total. The van der Waals surface area contributed by atoms with Gasteiger partial charge in [0.25, 0.3) is 0 Å². The number of nitrogens with zero attached hydrogens (tertiary/aromatic N) is 3. The predicted octanol–water partition coefficient (Wildman–Crippen LogP) is 2.60. The number of benzene rings is 1. The van der Waals surface area contributed by atoms with Crippen molar-refractivity contribution in [1.82, 2.24) is 9.97 Å². The van der Waals surface area contributed by atoms with Gasteiger partial charge in [0.15, 0.2) is 0 Å². The van der Waals surface area contributed by atoms with E-state index in [9.17, 15) is 0 Å². The minimum Gasteiger partial charge on any atom is -0.496 e. The lowest BCUT2D eigenvalue weighted by molar-refractivity contribution is 0.322. The molecule has 0 saturated heterocycles. The number of aromatic nitrogens is 2. The average Bonchev–Trinajstić information content (AvgIpc) is 2.51. The molecule has 0 fully saturated rings. The van der Waals surface area contributed by atoms with Crippen LogP contribution in [0.5, 0.6) is 5.75 Å². The smallest absolute Gasteiger partial charge is 0.143 e. The van der Waals surface area contributed by atoms with Gasteiger partial charge in [-0.3, -0.25) is 0 Å². The molecule has 0 saturated carbocycles. The van der Waals surface area contributed by atoms with Gasteiger partial charge in [0.1, 0.15) is 23.0 Å². The Morgan fingerprint density at radius 3 is 2.95 bits per heavy atom. The molecular weight excluding hydrogens is 292 g/mol. The normalized spacial score (nSPS) is 10.8. The van der Waals surface area contributed by atoms with Crippen molar-refractivity contribution in [1.29, 1.82) is 0 Å². The third-order valence-electron chi connectivity index (χ3n) is 2.90. The standard InChI is InChI=1S/C14H15ClN4O2/c1-21-12-5-3-2-4-10(12)6-7-16-14-11(8-19-20)13(15)17-9-18-14/h2-5,8-9,20H,6-7H2,1H3,(H,16,17,18)/b19-8+.